The molecule has 1 aromatic rings. The molecule has 0 aliphatic carbocycles. The lowest BCUT2D eigenvalue weighted by molar-refractivity contribution is 0.167. The van der Waals surface area contributed by atoms with Gasteiger partial charge in [-0.05, 0) is 73.3 Å². The zero-order valence-electron chi connectivity index (χ0n) is 10.7. The molecule has 0 amide bonds. The van der Waals surface area contributed by atoms with E-state index >= 15 is 0 Å². The van der Waals surface area contributed by atoms with Gasteiger partial charge < -0.3 is 10.2 Å². The standard InChI is InChI=1S/C14H21BrN2S/c15-14-4-3-13(18-14)5-7-16-11-6-9-17-8-1-2-12(17)10-11/h3-4,11-12,16H,1-2,5-10H2. The maximum Gasteiger partial charge on any atom is 0.0701 e. The molecule has 0 bridgehead atoms. The number of halogens is 1. The van der Waals surface area contributed by atoms with Crippen LogP contribution in [0.25, 0.3) is 0 Å². The lowest BCUT2D eigenvalue weighted by Crippen LogP contribution is -2.46. The summed E-state index contributed by atoms with van der Waals surface area (Å²) in [6, 6.07) is 6.02. The minimum Gasteiger partial charge on any atom is -0.314 e. The lowest BCUT2D eigenvalue weighted by atomic mass is 9.97. The van der Waals surface area contributed by atoms with Crippen molar-refractivity contribution in [3.05, 3.63) is 20.8 Å². The van der Waals surface area contributed by atoms with Crippen molar-refractivity contribution in [2.75, 3.05) is 19.6 Å². The minimum absolute atomic E-state index is 0.757. The van der Waals surface area contributed by atoms with Crippen LogP contribution >= 0.6 is 27.3 Å². The van der Waals surface area contributed by atoms with Gasteiger partial charge in [0.25, 0.3) is 0 Å². The van der Waals surface area contributed by atoms with Crippen molar-refractivity contribution in [2.24, 2.45) is 0 Å². The van der Waals surface area contributed by atoms with Gasteiger partial charge in [0.1, 0.15) is 0 Å². The van der Waals surface area contributed by atoms with E-state index in [0.717, 1.165) is 18.6 Å². The molecule has 2 aliphatic heterocycles. The Morgan fingerprint density at radius 1 is 1.33 bits per heavy atom. The van der Waals surface area contributed by atoms with Crippen LogP contribution < -0.4 is 5.32 Å². The van der Waals surface area contributed by atoms with E-state index in [2.05, 4.69) is 38.3 Å². The van der Waals surface area contributed by atoms with Crippen molar-refractivity contribution < 1.29 is 0 Å². The lowest BCUT2D eigenvalue weighted by Gasteiger charge is -2.35. The van der Waals surface area contributed by atoms with E-state index in [9.17, 15) is 0 Å². The van der Waals surface area contributed by atoms with Crippen LogP contribution in [0.1, 0.15) is 30.6 Å². The van der Waals surface area contributed by atoms with Gasteiger partial charge in [0, 0.05) is 23.5 Å². The van der Waals surface area contributed by atoms with Crippen molar-refractivity contribution in [1.29, 1.82) is 0 Å². The van der Waals surface area contributed by atoms with Crippen LogP contribution in [0.3, 0.4) is 0 Å². The molecule has 0 radical (unpaired) electrons. The first-order chi connectivity index (χ1) is 8.81. The minimum atomic E-state index is 0.757. The Bertz CT molecular complexity index is 393. The van der Waals surface area contributed by atoms with E-state index in [1.165, 1.54) is 53.9 Å². The number of fused-ring (bicyclic) bond motifs is 1. The molecule has 0 spiro atoms. The molecule has 2 nitrogen and oxygen atoms in total. The first-order valence-corrected chi connectivity index (χ1v) is 8.64. The predicted octanol–water partition coefficient (Wildman–Crippen LogP) is 3.27. The summed E-state index contributed by atoms with van der Waals surface area (Å²) >= 11 is 5.38. The number of hydrogen-bond donors (Lipinski definition) is 1. The fourth-order valence-corrected chi connectivity index (χ4v) is 4.78. The van der Waals surface area contributed by atoms with Crippen LogP contribution in [0, 0.1) is 0 Å². The fourth-order valence-electron chi connectivity index (χ4n) is 3.30. The van der Waals surface area contributed by atoms with Gasteiger partial charge >= 0.3 is 0 Å². The first kappa shape index (κ1) is 13.1. The molecule has 3 heterocycles. The SMILES string of the molecule is Brc1ccc(CCNC2CCN3CCCC3C2)s1. The highest BCUT2D eigenvalue weighted by Gasteiger charge is 2.31. The maximum absolute atomic E-state index is 3.76. The van der Waals surface area contributed by atoms with Crippen LogP contribution in [0.15, 0.2) is 15.9 Å². The van der Waals surface area contributed by atoms with Gasteiger partial charge in [-0.3, -0.25) is 0 Å². The van der Waals surface area contributed by atoms with Crippen molar-refractivity contribution in [1.82, 2.24) is 10.2 Å². The Balaban J connectivity index is 1.41. The zero-order valence-corrected chi connectivity index (χ0v) is 13.1. The first-order valence-electron chi connectivity index (χ1n) is 7.03. The fraction of sp³-hybridized carbons (Fsp3) is 0.714. The third-order valence-corrected chi connectivity index (χ3v) is 5.94. The smallest absolute Gasteiger partial charge is 0.0701 e. The molecule has 2 unspecified atom stereocenters. The largest absolute Gasteiger partial charge is 0.314 e. The third kappa shape index (κ3) is 3.16. The second kappa shape index (κ2) is 6.04. The van der Waals surface area contributed by atoms with Crippen molar-refractivity contribution in [3.63, 3.8) is 0 Å². The average molecular weight is 329 g/mol. The maximum atomic E-state index is 3.76. The van der Waals surface area contributed by atoms with Gasteiger partial charge in [-0.15, -0.1) is 11.3 Å². The Hall–Kier alpha value is 0.1000. The van der Waals surface area contributed by atoms with Crippen molar-refractivity contribution >= 4 is 27.3 Å². The zero-order chi connectivity index (χ0) is 12.4. The third-order valence-electron chi connectivity index (χ3n) is 4.25. The molecule has 2 saturated heterocycles. The Morgan fingerprint density at radius 3 is 3.11 bits per heavy atom. The Morgan fingerprint density at radius 2 is 2.28 bits per heavy atom. The van der Waals surface area contributed by atoms with E-state index in [1.54, 1.807) is 0 Å². The summed E-state index contributed by atoms with van der Waals surface area (Å²) in [7, 11) is 0. The second-order valence-corrected chi connectivity index (χ2v) is 8.01. The molecule has 1 aromatic heterocycles. The highest BCUT2D eigenvalue weighted by molar-refractivity contribution is 9.11. The van der Waals surface area contributed by atoms with Crippen molar-refractivity contribution in [3.8, 4) is 0 Å². The van der Waals surface area contributed by atoms with Gasteiger partial charge in [0.15, 0.2) is 0 Å². The van der Waals surface area contributed by atoms with Gasteiger partial charge in [-0.1, -0.05) is 0 Å². The van der Waals surface area contributed by atoms with E-state index in [-0.39, 0.29) is 0 Å². The van der Waals surface area contributed by atoms with Gasteiger partial charge in [0.05, 0.1) is 3.79 Å². The van der Waals surface area contributed by atoms with Crippen LogP contribution in [0.4, 0.5) is 0 Å². The molecular weight excluding hydrogens is 308 g/mol. The van der Waals surface area contributed by atoms with E-state index in [1.807, 2.05) is 11.3 Å². The Labute approximate surface area is 122 Å². The van der Waals surface area contributed by atoms with Crippen LogP contribution in [0.5, 0.6) is 0 Å². The highest BCUT2D eigenvalue weighted by atomic mass is 79.9. The summed E-state index contributed by atoms with van der Waals surface area (Å²) in [4.78, 5) is 4.17. The summed E-state index contributed by atoms with van der Waals surface area (Å²) < 4.78 is 1.25. The van der Waals surface area contributed by atoms with Crippen LogP contribution in [-0.2, 0) is 6.42 Å². The summed E-state index contributed by atoms with van der Waals surface area (Å²) in [6.07, 6.45) is 6.72. The summed E-state index contributed by atoms with van der Waals surface area (Å²) in [5, 5.41) is 3.76. The second-order valence-electron chi connectivity index (χ2n) is 5.46. The number of hydrogen-bond acceptors (Lipinski definition) is 3. The molecule has 0 aromatic carbocycles. The van der Waals surface area contributed by atoms with E-state index < -0.39 is 0 Å². The molecule has 18 heavy (non-hydrogen) atoms. The van der Waals surface area contributed by atoms with Gasteiger partial charge in [-0.2, -0.15) is 0 Å². The number of thiophene rings is 1. The molecular formula is C14H21BrN2S. The Kier molecular flexibility index (Phi) is 4.39. The normalized spacial score (nSPS) is 28.5. The molecule has 100 valence electrons. The number of nitrogens with one attached hydrogen (secondary N) is 1. The number of nitrogens with zero attached hydrogens (tertiary/aromatic N) is 1. The molecule has 2 aliphatic rings. The monoisotopic (exact) mass is 328 g/mol. The summed E-state index contributed by atoms with van der Waals surface area (Å²) in [6.45, 7) is 3.79. The van der Waals surface area contributed by atoms with Crippen molar-refractivity contribution in [2.45, 2.75) is 44.2 Å². The predicted molar refractivity (Wildman–Crippen MR) is 81.3 cm³/mol. The molecule has 4 heteroatoms. The van der Waals surface area contributed by atoms with Crippen LogP contribution in [0.2, 0.25) is 0 Å². The highest BCUT2D eigenvalue weighted by Crippen LogP contribution is 2.27. The molecule has 0 saturated carbocycles. The summed E-state index contributed by atoms with van der Waals surface area (Å²) in [5.74, 6) is 0. The molecule has 2 fully saturated rings. The number of piperidine rings is 1. The summed E-state index contributed by atoms with van der Waals surface area (Å²) in [5.41, 5.74) is 0. The van der Waals surface area contributed by atoms with E-state index in [0.29, 0.717) is 0 Å². The molecule has 1 N–H and O–H groups in total. The van der Waals surface area contributed by atoms with Crippen LogP contribution in [-0.4, -0.2) is 36.6 Å². The number of rotatable bonds is 4. The molecule has 2 atom stereocenters. The molecule has 3 rings (SSSR count). The van der Waals surface area contributed by atoms with E-state index in [4.69, 9.17) is 0 Å². The quantitative estimate of drug-likeness (QED) is 0.912. The van der Waals surface area contributed by atoms with Gasteiger partial charge in [0.2, 0.25) is 0 Å². The van der Waals surface area contributed by atoms with Gasteiger partial charge in [-0.25, -0.2) is 0 Å². The average Bonchev–Trinajstić information content (AvgIpc) is 2.97. The topological polar surface area (TPSA) is 15.3 Å².